The Kier molecular flexibility index (Phi) is 4.47. The largest absolute Gasteiger partial charge is 0.323 e. The lowest BCUT2D eigenvalue weighted by Crippen LogP contribution is -2.21. The van der Waals surface area contributed by atoms with Gasteiger partial charge < -0.3 is 16.0 Å². The van der Waals surface area contributed by atoms with Gasteiger partial charge in [-0.2, -0.15) is 0 Å². The molecule has 3 aromatic rings. The summed E-state index contributed by atoms with van der Waals surface area (Å²) in [4.78, 5) is 17.0. The molecule has 1 saturated carbocycles. The van der Waals surface area contributed by atoms with Crippen LogP contribution in [0.4, 0.5) is 16.2 Å². The molecule has 0 bridgehead atoms. The quantitative estimate of drug-likeness (QED) is 0.595. The third-order valence-corrected chi connectivity index (χ3v) is 6.37. The van der Waals surface area contributed by atoms with Crippen LogP contribution >= 0.6 is 0 Å². The van der Waals surface area contributed by atoms with Crippen molar-refractivity contribution in [2.45, 2.75) is 25.7 Å². The Balaban J connectivity index is 1.40. The molecule has 29 heavy (non-hydrogen) atoms. The smallest absolute Gasteiger partial charge is 0.316 e. The van der Waals surface area contributed by atoms with E-state index < -0.39 is 0 Å². The van der Waals surface area contributed by atoms with Crippen molar-refractivity contribution in [2.75, 3.05) is 23.7 Å². The van der Waals surface area contributed by atoms with Crippen LogP contribution in [-0.4, -0.2) is 24.1 Å². The maximum absolute atomic E-state index is 12.8. The molecular formula is C24H26N4O. The molecule has 2 fully saturated rings. The van der Waals surface area contributed by atoms with E-state index in [0.29, 0.717) is 23.7 Å². The lowest BCUT2D eigenvalue weighted by atomic mass is 9.96. The molecule has 2 amide bonds. The third kappa shape index (κ3) is 3.36. The Morgan fingerprint density at radius 3 is 2.66 bits per heavy atom. The first-order chi connectivity index (χ1) is 14.1. The highest BCUT2D eigenvalue weighted by Gasteiger charge is 2.54. The number of fused-ring (bicyclic) bond motifs is 2. The summed E-state index contributed by atoms with van der Waals surface area (Å²) in [6.45, 7) is 6.58. The van der Waals surface area contributed by atoms with Crippen LogP contribution in [0.3, 0.4) is 0 Å². The third-order valence-electron chi connectivity index (χ3n) is 6.37. The van der Waals surface area contributed by atoms with Crippen molar-refractivity contribution in [3.05, 3.63) is 66.0 Å². The van der Waals surface area contributed by atoms with Gasteiger partial charge in [0.1, 0.15) is 0 Å². The zero-order valence-electron chi connectivity index (χ0n) is 16.8. The van der Waals surface area contributed by atoms with Crippen molar-refractivity contribution >= 4 is 28.2 Å². The van der Waals surface area contributed by atoms with Gasteiger partial charge in [-0.1, -0.05) is 38.1 Å². The SMILES string of the molecule is CC(C)c1ccc(NC(=O)Nc2cccc3cnccc23)c(C2C3CNCC32)c1. The highest BCUT2D eigenvalue weighted by molar-refractivity contribution is 6.06. The molecule has 3 N–H and O–H groups in total. The first-order valence-electron chi connectivity index (χ1n) is 10.4. The number of piperidine rings is 1. The van der Waals surface area contributed by atoms with Gasteiger partial charge in [-0.25, -0.2) is 4.79 Å². The van der Waals surface area contributed by atoms with Crippen molar-refractivity contribution in [3.8, 4) is 0 Å². The average Bonchev–Trinajstić information content (AvgIpc) is 3.18. The van der Waals surface area contributed by atoms with Gasteiger partial charge in [0.2, 0.25) is 0 Å². The van der Waals surface area contributed by atoms with Gasteiger partial charge in [-0.15, -0.1) is 0 Å². The highest BCUT2D eigenvalue weighted by Crippen LogP contribution is 2.57. The van der Waals surface area contributed by atoms with Crippen LogP contribution in [0.2, 0.25) is 0 Å². The maximum atomic E-state index is 12.8. The van der Waals surface area contributed by atoms with Gasteiger partial charge in [0.25, 0.3) is 0 Å². The number of anilines is 2. The zero-order valence-corrected chi connectivity index (χ0v) is 16.8. The van der Waals surface area contributed by atoms with E-state index in [2.05, 4.69) is 53.0 Å². The minimum atomic E-state index is -0.211. The van der Waals surface area contributed by atoms with Crippen molar-refractivity contribution in [3.63, 3.8) is 0 Å². The number of urea groups is 1. The topological polar surface area (TPSA) is 66.0 Å². The van der Waals surface area contributed by atoms with Crippen LogP contribution in [-0.2, 0) is 0 Å². The Hall–Kier alpha value is -2.92. The maximum Gasteiger partial charge on any atom is 0.323 e. The molecule has 2 aromatic carbocycles. The lowest BCUT2D eigenvalue weighted by molar-refractivity contribution is 0.262. The number of rotatable bonds is 4. The Morgan fingerprint density at radius 1 is 1.07 bits per heavy atom. The van der Waals surface area contributed by atoms with E-state index in [1.54, 1.807) is 12.4 Å². The van der Waals surface area contributed by atoms with Crippen molar-refractivity contribution < 1.29 is 4.79 Å². The average molecular weight is 386 g/mol. The molecule has 0 spiro atoms. The van der Waals surface area contributed by atoms with E-state index in [1.807, 2.05) is 24.3 Å². The predicted molar refractivity (Wildman–Crippen MR) is 118 cm³/mol. The molecular weight excluding hydrogens is 360 g/mol. The molecule has 2 atom stereocenters. The second-order valence-electron chi connectivity index (χ2n) is 8.49. The Labute approximate surface area is 170 Å². The summed E-state index contributed by atoms with van der Waals surface area (Å²) in [5.74, 6) is 2.42. The molecule has 1 aliphatic carbocycles. The number of carbonyl (C=O) groups excluding carboxylic acids is 1. The van der Waals surface area contributed by atoms with Crippen molar-refractivity contribution in [1.29, 1.82) is 0 Å². The van der Waals surface area contributed by atoms with Gasteiger partial charge in [0.05, 0.1) is 5.69 Å². The number of hydrogen-bond acceptors (Lipinski definition) is 3. The minimum absolute atomic E-state index is 0.211. The molecule has 0 radical (unpaired) electrons. The normalized spacial score (nSPS) is 22.5. The number of nitrogens with one attached hydrogen (secondary N) is 3. The molecule has 5 nitrogen and oxygen atoms in total. The number of pyridine rings is 1. The number of benzene rings is 2. The van der Waals surface area contributed by atoms with E-state index >= 15 is 0 Å². The fraction of sp³-hybridized carbons (Fsp3) is 0.333. The van der Waals surface area contributed by atoms with Crippen LogP contribution in [0.1, 0.15) is 36.8 Å². The van der Waals surface area contributed by atoms with Crippen LogP contribution in [0.15, 0.2) is 54.9 Å². The van der Waals surface area contributed by atoms with Gasteiger partial charge in [-0.3, -0.25) is 4.98 Å². The van der Waals surface area contributed by atoms with E-state index in [-0.39, 0.29) is 6.03 Å². The number of aromatic nitrogens is 1. The molecule has 1 aliphatic heterocycles. The van der Waals surface area contributed by atoms with Crippen LogP contribution in [0.5, 0.6) is 0 Å². The molecule has 2 unspecified atom stereocenters. The van der Waals surface area contributed by atoms with Gasteiger partial charge in [-0.05, 0) is 66.1 Å². The summed E-state index contributed by atoms with van der Waals surface area (Å²) in [5, 5.41) is 11.6. The summed E-state index contributed by atoms with van der Waals surface area (Å²) < 4.78 is 0. The van der Waals surface area contributed by atoms with E-state index in [4.69, 9.17) is 0 Å². The molecule has 2 heterocycles. The summed E-state index contributed by atoms with van der Waals surface area (Å²) in [6, 6.07) is 14.1. The molecule has 148 valence electrons. The monoisotopic (exact) mass is 386 g/mol. The van der Waals surface area contributed by atoms with E-state index in [0.717, 1.165) is 35.2 Å². The standard InChI is InChI=1S/C24H26N4O/c1-14(2)15-6-7-22(18(10-15)23-19-12-26-13-20(19)23)28-24(29)27-21-5-3-4-16-11-25-9-8-17(16)21/h3-11,14,19-20,23,26H,12-13H2,1-2H3,(H2,27,28,29). The highest BCUT2D eigenvalue weighted by atomic mass is 16.2. The number of nitrogens with zero attached hydrogens (tertiary/aromatic N) is 1. The van der Waals surface area contributed by atoms with Gasteiger partial charge >= 0.3 is 6.03 Å². The molecule has 5 heteroatoms. The summed E-state index contributed by atoms with van der Waals surface area (Å²) in [6.07, 6.45) is 3.55. The van der Waals surface area contributed by atoms with Crippen LogP contribution in [0, 0.1) is 11.8 Å². The minimum Gasteiger partial charge on any atom is -0.316 e. The van der Waals surface area contributed by atoms with Crippen molar-refractivity contribution in [2.24, 2.45) is 11.8 Å². The van der Waals surface area contributed by atoms with Gasteiger partial charge in [0.15, 0.2) is 0 Å². The Morgan fingerprint density at radius 2 is 1.86 bits per heavy atom. The van der Waals surface area contributed by atoms with Crippen molar-refractivity contribution in [1.82, 2.24) is 10.3 Å². The van der Waals surface area contributed by atoms with Crippen LogP contribution in [0.25, 0.3) is 10.8 Å². The molecule has 1 saturated heterocycles. The predicted octanol–water partition coefficient (Wildman–Crippen LogP) is 4.94. The summed E-state index contributed by atoms with van der Waals surface area (Å²) in [5.41, 5.74) is 4.32. The zero-order chi connectivity index (χ0) is 20.0. The molecule has 2 aliphatic rings. The molecule has 1 aromatic heterocycles. The second-order valence-corrected chi connectivity index (χ2v) is 8.49. The van der Waals surface area contributed by atoms with E-state index in [1.165, 1.54) is 11.1 Å². The van der Waals surface area contributed by atoms with E-state index in [9.17, 15) is 4.79 Å². The fourth-order valence-corrected chi connectivity index (χ4v) is 4.72. The first kappa shape index (κ1) is 18.1. The molecule has 5 rings (SSSR count). The Bertz CT molecular complexity index is 1060. The number of amides is 2. The number of hydrogen-bond donors (Lipinski definition) is 3. The van der Waals surface area contributed by atoms with Crippen LogP contribution < -0.4 is 16.0 Å². The first-order valence-corrected chi connectivity index (χ1v) is 10.4. The fourth-order valence-electron chi connectivity index (χ4n) is 4.72. The summed E-state index contributed by atoms with van der Waals surface area (Å²) >= 11 is 0. The lowest BCUT2D eigenvalue weighted by Gasteiger charge is -2.17. The number of carbonyl (C=O) groups is 1. The van der Waals surface area contributed by atoms with Gasteiger partial charge in [0, 0.05) is 28.9 Å². The summed E-state index contributed by atoms with van der Waals surface area (Å²) in [7, 11) is 0. The second kappa shape index (κ2) is 7.16.